The predicted molar refractivity (Wildman–Crippen MR) is 105 cm³/mol. The first-order valence-electron chi connectivity index (χ1n) is 8.74. The van der Waals surface area contributed by atoms with Crippen LogP contribution in [0, 0.1) is 5.92 Å². The third-order valence-electron chi connectivity index (χ3n) is 4.26. The van der Waals surface area contributed by atoms with Crippen molar-refractivity contribution < 1.29 is 4.52 Å². The molecule has 0 bridgehead atoms. The van der Waals surface area contributed by atoms with E-state index in [1.807, 2.05) is 0 Å². The molecule has 0 aliphatic heterocycles. The van der Waals surface area contributed by atoms with Gasteiger partial charge < -0.3 is 15.2 Å². The maximum Gasteiger partial charge on any atom is 0.191 e. The van der Waals surface area contributed by atoms with E-state index in [1.54, 1.807) is 0 Å². The second-order valence-electron chi connectivity index (χ2n) is 6.09. The number of aliphatic imine (C=N–C) groups is 1. The smallest absolute Gasteiger partial charge is 0.191 e. The lowest BCUT2D eigenvalue weighted by Crippen LogP contribution is -2.37. The third-order valence-corrected chi connectivity index (χ3v) is 4.26. The Morgan fingerprint density at radius 1 is 1.30 bits per heavy atom. The average Bonchev–Trinajstić information content (AvgIpc) is 3.23. The fraction of sp³-hybridized carbons (Fsp3) is 0.765. The fourth-order valence-electron chi connectivity index (χ4n) is 2.60. The van der Waals surface area contributed by atoms with Gasteiger partial charge in [0, 0.05) is 25.1 Å². The van der Waals surface area contributed by atoms with Gasteiger partial charge in [0.25, 0.3) is 0 Å². The molecule has 2 N–H and O–H groups in total. The summed E-state index contributed by atoms with van der Waals surface area (Å²) < 4.78 is 5.42. The van der Waals surface area contributed by atoms with Crippen LogP contribution in [0.25, 0.3) is 0 Å². The molecule has 0 saturated heterocycles. The van der Waals surface area contributed by atoms with Gasteiger partial charge in [-0.3, -0.25) is 0 Å². The van der Waals surface area contributed by atoms with Crippen molar-refractivity contribution >= 4 is 29.9 Å². The quantitative estimate of drug-likeness (QED) is 0.350. The van der Waals surface area contributed by atoms with E-state index in [4.69, 9.17) is 4.52 Å². The molecule has 0 unspecified atom stereocenters. The van der Waals surface area contributed by atoms with Crippen molar-refractivity contribution in [1.82, 2.24) is 15.8 Å². The van der Waals surface area contributed by atoms with Crippen molar-refractivity contribution in [1.29, 1.82) is 0 Å². The highest BCUT2D eigenvalue weighted by atomic mass is 127. The minimum absolute atomic E-state index is 0. The van der Waals surface area contributed by atoms with Gasteiger partial charge >= 0.3 is 0 Å². The molecule has 6 heteroatoms. The average molecular weight is 434 g/mol. The molecule has 0 aromatic carbocycles. The first kappa shape index (κ1) is 20.3. The van der Waals surface area contributed by atoms with E-state index in [1.165, 1.54) is 19.3 Å². The molecule has 0 amide bonds. The Kier molecular flexibility index (Phi) is 9.59. The van der Waals surface area contributed by atoms with Crippen molar-refractivity contribution in [3.63, 3.8) is 0 Å². The van der Waals surface area contributed by atoms with E-state index in [9.17, 15) is 0 Å². The number of aromatic nitrogens is 1. The van der Waals surface area contributed by atoms with Gasteiger partial charge in [0.1, 0.15) is 6.54 Å². The molecule has 132 valence electrons. The van der Waals surface area contributed by atoms with Gasteiger partial charge in [0.2, 0.25) is 0 Å². The zero-order valence-electron chi connectivity index (χ0n) is 14.6. The van der Waals surface area contributed by atoms with Gasteiger partial charge in [-0.15, -0.1) is 24.0 Å². The number of halogens is 1. The minimum Gasteiger partial charge on any atom is -0.359 e. The van der Waals surface area contributed by atoms with Crippen LogP contribution in [0.2, 0.25) is 0 Å². The third kappa shape index (κ3) is 7.10. The highest BCUT2D eigenvalue weighted by Crippen LogP contribution is 2.31. The Hall–Kier alpha value is -0.790. The van der Waals surface area contributed by atoms with E-state index in [0.717, 1.165) is 49.3 Å². The molecule has 0 atom stereocenters. The summed E-state index contributed by atoms with van der Waals surface area (Å²) in [6.07, 6.45) is 6.22. The van der Waals surface area contributed by atoms with Crippen LogP contribution in [-0.2, 0) is 6.54 Å². The van der Waals surface area contributed by atoms with Crippen molar-refractivity contribution in [2.45, 2.75) is 65.3 Å². The molecule has 0 radical (unpaired) electrons. The lowest BCUT2D eigenvalue weighted by atomic mass is 9.99. The fourth-order valence-corrected chi connectivity index (χ4v) is 2.60. The topological polar surface area (TPSA) is 62.5 Å². The van der Waals surface area contributed by atoms with E-state index in [-0.39, 0.29) is 24.0 Å². The zero-order valence-corrected chi connectivity index (χ0v) is 16.9. The molecule has 1 saturated carbocycles. The van der Waals surface area contributed by atoms with Crippen molar-refractivity contribution in [3.8, 4) is 0 Å². The second kappa shape index (κ2) is 10.9. The SMILES string of the molecule is CCNC(=NCc1cc(C(CC)CC)no1)NCCC1CC1.I. The zero-order chi connectivity index (χ0) is 15.8. The Morgan fingerprint density at radius 2 is 2.04 bits per heavy atom. The second-order valence-corrected chi connectivity index (χ2v) is 6.09. The van der Waals surface area contributed by atoms with Crippen LogP contribution in [0.3, 0.4) is 0 Å². The first-order chi connectivity index (χ1) is 10.8. The van der Waals surface area contributed by atoms with Gasteiger partial charge in [-0.05, 0) is 32.1 Å². The maximum atomic E-state index is 5.42. The van der Waals surface area contributed by atoms with Gasteiger partial charge in [0.05, 0.1) is 5.69 Å². The highest BCUT2D eigenvalue weighted by molar-refractivity contribution is 14.0. The van der Waals surface area contributed by atoms with Crippen molar-refractivity contribution in [2.24, 2.45) is 10.9 Å². The standard InChI is InChI=1S/C17H30N4O.HI/c1-4-14(5-2)16-11-15(22-21-16)12-20-17(18-6-3)19-10-9-13-7-8-13;/h11,13-14H,4-10,12H2,1-3H3,(H2,18,19,20);1H. The number of nitrogens with zero attached hydrogens (tertiary/aromatic N) is 2. The number of nitrogens with one attached hydrogen (secondary N) is 2. The molecule has 1 aliphatic rings. The van der Waals surface area contributed by atoms with Crippen LogP contribution < -0.4 is 10.6 Å². The Balaban J connectivity index is 0.00000264. The van der Waals surface area contributed by atoms with Gasteiger partial charge in [-0.2, -0.15) is 0 Å². The number of rotatable bonds is 9. The summed E-state index contributed by atoms with van der Waals surface area (Å²) in [6, 6.07) is 2.05. The van der Waals surface area contributed by atoms with Crippen LogP contribution in [0.4, 0.5) is 0 Å². The summed E-state index contributed by atoms with van der Waals surface area (Å²) in [5, 5.41) is 10.9. The summed E-state index contributed by atoms with van der Waals surface area (Å²) in [4.78, 5) is 4.59. The monoisotopic (exact) mass is 434 g/mol. The Morgan fingerprint density at radius 3 is 2.65 bits per heavy atom. The molecule has 1 fully saturated rings. The largest absolute Gasteiger partial charge is 0.359 e. The normalized spacial score (nSPS) is 14.7. The van der Waals surface area contributed by atoms with Crippen LogP contribution >= 0.6 is 24.0 Å². The van der Waals surface area contributed by atoms with Gasteiger partial charge in [-0.25, -0.2) is 4.99 Å². The summed E-state index contributed by atoms with van der Waals surface area (Å²) >= 11 is 0. The predicted octanol–water partition coefficient (Wildman–Crippen LogP) is 4.05. The Labute approximate surface area is 157 Å². The van der Waals surface area contributed by atoms with Crippen LogP contribution in [-0.4, -0.2) is 24.2 Å². The van der Waals surface area contributed by atoms with E-state index in [0.29, 0.717) is 12.5 Å². The van der Waals surface area contributed by atoms with Gasteiger partial charge in [0.15, 0.2) is 11.7 Å². The van der Waals surface area contributed by atoms with Crippen LogP contribution in [0.15, 0.2) is 15.6 Å². The van der Waals surface area contributed by atoms with E-state index >= 15 is 0 Å². The first-order valence-corrected chi connectivity index (χ1v) is 8.74. The molecule has 1 heterocycles. The lowest BCUT2D eigenvalue weighted by Gasteiger charge is -2.10. The summed E-state index contributed by atoms with van der Waals surface area (Å²) in [5.41, 5.74) is 1.06. The van der Waals surface area contributed by atoms with Gasteiger partial charge in [-0.1, -0.05) is 31.8 Å². The molecule has 23 heavy (non-hydrogen) atoms. The molecular weight excluding hydrogens is 403 g/mol. The van der Waals surface area contributed by atoms with E-state index < -0.39 is 0 Å². The summed E-state index contributed by atoms with van der Waals surface area (Å²) in [6.45, 7) is 8.85. The highest BCUT2D eigenvalue weighted by Gasteiger charge is 2.20. The lowest BCUT2D eigenvalue weighted by molar-refractivity contribution is 0.372. The molecule has 2 rings (SSSR count). The number of guanidine groups is 1. The molecule has 1 aromatic heterocycles. The number of hydrogen-bond donors (Lipinski definition) is 2. The summed E-state index contributed by atoms with van der Waals surface area (Å²) in [5.74, 6) is 3.13. The minimum atomic E-state index is 0. The molecule has 1 aliphatic carbocycles. The molecule has 0 spiro atoms. The van der Waals surface area contributed by atoms with E-state index in [2.05, 4.69) is 47.6 Å². The van der Waals surface area contributed by atoms with Crippen molar-refractivity contribution in [2.75, 3.05) is 13.1 Å². The van der Waals surface area contributed by atoms with Crippen LogP contribution in [0.1, 0.15) is 70.2 Å². The maximum absolute atomic E-state index is 5.42. The molecule has 5 nitrogen and oxygen atoms in total. The number of hydrogen-bond acceptors (Lipinski definition) is 3. The van der Waals surface area contributed by atoms with Crippen molar-refractivity contribution in [3.05, 3.63) is 17.5 Å². The van der Waals surface area contributed by atoms with Crippen LogP contribution in [0.5, 0.6) is 0 Å². The Bertz CT molecular complexity index is 467. The summed E-state index contributed by atoms with van der Waals surface area (Å²) in [7, 11) is 0. The molecular formula is C17H31IN4O. The molecule has 1 aromatic rings.